The van der Waals surface area contributed by atoms with Crippen LogP contribution in [-0.4, -0.2) is 9.13 Å². The van der Waals surface area contributed by atoms with Gasteiger partial charge >= 0.3 is 5.69 Å². The van der Waals surface area contributed by atoms with Gasteiger partial charge in [-0.1, -0.05) is 18.2 Å². The summed E-state index contributed by atoms with van der Waals surface area (Å²) in [5.74, 6) is 0. The van der Waals surface area contributed by atoms with Gasteiger partial charge < -0.3 is 4.57 Å². The molecule has 0 amide bonds. The van der Waals surface area contributed by atoms with Crippen molar-refractivity contribution in [2.24, 2.45) is 0 Å². The van der Waals surface area contributed by atoms with Crippen LogP contribution in [-0.2, 0) is 13.1 Å². The van der Waals surface area contributed by atoms with Crippen molar-refractivity contribution in [2.75, 3.05) is 0 Å². The molecule has 0 aliphatic heterocycles. The molecular formula is C15H18N2O2. The van der Waals surface area contributed by atoms with Gasteiger partial charge in [0.15, 0.2) is 0 Å². The number of hydrogen-bond acceptors (Lipinski definition) is 2. The largest absolute Gasteiger partial charge is 0.331 e. The molecule has 19 heavy (non-hydrogen) atoms. The lowest BCUT2D eigenvalue weighted by Gasteiger charge is -2.12. The fourth-order valence-electron chi connectivity index (χ4n) is 2.20. The topological polar surface area (TPSA) is 44.0 Å². The van der Waals surface area contributed by atoms with Gasteiger partial charge in [0.25, 0.3) is 5.56 Å². The van der Waals surface area contributed by atoms with Crippen LogP contribution in [0.3, 0.4) is 0 Å². The van der Waals surface area contributed by atoms with Crippen LogP contribution >= 0.6 is 0 Å². The summed E-state index contributed by atoms with van der Waals surface area (Å²) in [6, 6.07) is 7.41. The van der Waals surface area contributed by atoms with E-state index in [0.717, 1.165) is 16.7 Å². The Kier molecular flexibility index (Phi) is 3.69. The molecular weight excluding hydrogens is 240 g/mol. The van der Waals surface area contributed by atoms with Gasteiger partial charge in [-0.25, -0.2) is 4.79 Å². The summed E-state index contributed by atoms with van der Waals surface area (Å²) in [6.07, 6.45) is 1.55. The molecule has 0 fully saturated rings. The monoisotopic (exact) mass is 258 g/mol. The summed E-state index contributed by atoms with van der Waals surface area (Å²) in [5, 5.41) is 0. The van der Waals surface area contributed by atoms with E-state index in [1.807, 2.05) is 39.0 Å². The van der Waals surface area contributed by atoms with E-state index in [-0.39, 0.29) is 11.2 Å². The standard InChI is InChI=1S/C15H18N2O2/c1-4-16-9-8-14(18)17(15(16)19)10-13-11(2)6-5-7-12(13)3/h5-9H,4,10H2,1-3H3. The Hall–Kier alpha value is -2.10. The third kappa shape index (κ3) is 2.52. The molecule has 0 saturated carbocycles. The highest BCUT2D eigenvalue weighted by molar-refractivity contribution is 5.33. The molecule has 1 aromatic heterocycles. The van der Waals surface area contributed by atoms with Crippen LogP contribution in [0.4, 0.5) is 0 Å². The maximum atomic E-state index is 12.2. The molecule has 0 saturated heterocycles. The molecule has 0 unspecified atom stereocenters. The molecule has 2 aromatic rings. The number of rotatable bonds is 3. The van der Waals surface area contributed by atoms with Gasteiger partial charge in [0.1, 0.15) is 0 Å². The van der Waals surface area contributed by atoms with E-state index < -0.39 is 0 Å². The Morgan fingerprint density at radius 1 is 1.05 bits per heavy atom. The highest BCUT2D eigenvalue weighted by Gasteiger charge is 2.08. The predicted molar refractivity (Wildman–Crippen MR) is 75.7 cm³/mol. The zero-order valence-electron chi connectivity index (χ0n) is 11.5. The lowest BCUT2D eigenvalue weighted by molar-refractivity contribution is 0.598. The van der Waals surface area contributed by atoms with E-state index in [4.69, 9.17) is 0 Å². The Labute approximate surface area is 111 Å². The van der Waals surface area contributed by atoms with Gasteiger partial charge in [-0.05, 0) is 37.5 Å². The van der Waals surface area contributed by atoms with Crippen molar-refractivity contribution in [3.05, 3.63) is 68.0 Å². The SMILES string of the molecule is CCn1ccc(=O)n(Cc2c(C)cccc2C)c1=O. The lowest BCUT2D eigenvalue weighted by Crippen LogP contribution is -2.39. The molecule has 1 heterocycles. The third-order valence-corrected chi connectivity index (χ3v) is 3.44. The molecule has 0 spiro atoms. The maximum Gasteiger partial charge on any atom is 0.331 e. The zero-order chi connectivity index (χ0) is 14.0. The van der Waals surface area contributed by atoms with Crippen molar-refractivity contribution in [1.82, 2.24) is 9.13 Å². The first-order valence-electron chi connectivity index (χ1n) is 6.40. The summed E-state index contributed by atoms with van der Waals surface area (Å²) < 4.78 is 2.83. The molecule has 0 bridgehead atoms. The van der Waals surface area contributed by atoms with Crippen LogP contribution in [0.2, 0.25) is 0 Å². The Balaban J connectivity index is 2.56. The van der Waals surface area contributed by atoms with Crippen LogP contribution in [0.25, 0.3) is 0 Å². The quantitative estimate of drug-likeness (QED) is 0.841. The average molecular weight is 258 g/mol. The van der Waals surface area contributed by atoms with Crippen molar-refractivity contribution in [1.29, 1.82) is 0 Å². The average Bonchev–Trinajstić information content (AvgIpc) is 2.37. The second-order valence-corrected chi connectivity index (χ2v) is 4.68. The lowest BCUT2D eigenvalue weighted by atomic mass is 10.0. The van der Waals surface area contributed by atoms with E-state index in [1.165, 1.54) is 15.2 Å². The highest BCUT2D eigenvalue weighted by Crippen LogP contribution is 2.13. The van der Waals surface area contributed by atoms with Crippen molar-refractivity contribution < 1.29 is 0 Å². The Bertz CT molecular complexity index is 691. The molecule has 4 nitrogen and oxygen atoms in total. The minimum absolute atomic E-state index is 0.252. The molecule has 2 rings (SSSR count). The fraction of sp³-hybridized carbons (Fsp3) is 0.333. The Morgan fingerprint density at radius 2 is 1.68 bits per heavy atom. The van der Waals surface area contributed by atoms with Crippen LogP contribution in [0.5, 0.6) is 0 Å². The van der Waals surface area contributed by atoms with Crippen LogP contribution in [0.1, 0.15) is 23.6 Å². The van der Waals surface area contributed by atoms with Crippen LogP contribution in [0.15, 0.2) is 40.1 Å². The number of benzene rings is 1. The Morgan fingerprint density at radius 3 is 2.26 bits per heavy atom. The fourth-order valence-corrected chi connectivity index (χ4v) is 2.20. The predicted octanol–water partition coefficient (Wildman–Crippen LogP) is 1.70. The first kappa shape index (κ1) is 13.3. The van der Waals surface area contributed by atoms with Gasteiger partial charge in [-0.3, -0.25) is 9.36 Å². The molecule has 0 radical (unpaired) electrons. The van der Waals surface area contributed by atoms with E-state index in [0.29, 0.717) is 13.1 Å². The van der Waals surface area contributed by atoms with Crippen molar-refractivity contribution in [3.63, 3.8) is 0 Å². The normalized spacial score (nSPS) is 10.7. The van der Waals surface area contributed by atoms with Crippen molar-refractivity contribution in [2.45, 2.75) is 33.9 Å². The zero-order valence-corrected chi connectivity index (χ0v) is 11.5. The molecule has 1 aromatic carbocycles. The smallest absolute Gasteiger partial charge is 0.301 e. The van der Waals surface area contributed by atoms with Crippen molar-refractivity contribution >= 4 is 0 Å². The highest BCUT2D eigenvalue weighted by atomic mass is 16.2. The van der Waals surface area contributed by atoms with Gasteiger partial charge in [0, 0.05) is 18.8 Å². The number of aryl methyl sites for hydroxylation is 3. The second kappa shape index (κ2) is 5.26. The molecule has 0 atom stereocenters. The minimum Gasteiger partial charge on any atom is -0.301 e. The summed E-state index contributed by atoms with van der Waals surface area (Å²) in [7, 11) is 0. The second-order valence-electron chi connectivity index (χ2n) is 4.68. The van der Waals surface area contributed by atoms with Crippen molar-refractivity contribution in [3.8, 4) is 0 Å². The summed E-state index contributed by atoms with van der Waals surface area (Å²) in [4.78, 5) is 24.1. The maximum absolute atomic E-state index is 12.2. The third-order valence-electron chi connectivity index (χ3n) is 3.44. The van der Waals surface area contributed by atoms with Gasteiger partial charge in [0.2, 0.25) is 0 Å². The van der Waals surface area contributed by atoms with E-state index >= 15 is 0 Å². The number of hydrogen-bond donors (Lipinski definition) is 0. The number of nitrogens with zero attached hydrogens (tertiary/aromatic N) is 2. The van der Waals surface area contributed by atoms with E-state index in [2.05, 4.69) is 0 Å². The summed E-state index contributed by atoms with van der Waals surface area (Å²) in [5.41, 5.74) is 2.72. The van der Waals surface area contributed by atoms with Crippen LogP contribution in [0, 0.1) is 13.8 Å². The van der Waals surface area contributed by atoms with E-state index in [9.17, 15) is 9.59 Å². The van der Waals surface area contributed by atoms with Gasteiger partial charge in [-0.15, -0.1) is 0 Å². The molecule has 0 aliphatic carbocycles. The van der Waals surface area contributed by atoms with Gasteiger partial charge in [-0.2, -0.15) is 0 Å². The minimum atomic E-state index is -0.252. The first-order chi connectivity index (χ1) is 9.04. The summed E-state index contributed by atoms with van der Waals surface area (Å²) >= 11 is 0. The van der Waals surface area contributed by atoms with Gasteiger partial charge in [0.05, 0.1) is 6.54 Å². The molecule has 0 aliphatic rings. The molecule has 100 valence electrons. The van der Waals surface area contributed by atoms with E-state index in [1.54, 1.807) is 6.20 Å². The molecule has 0 N–H and O–H groups in total. The number of aromatic nitrogens is 2. The first-order valence-corrected chi connectivity index (χ1v) is 6.40. The molecule has 4 heteroatoms. The van der Waals surface area contributed by atoms with Crippen LogP contribution < -0.4 is 11.2 Å². The summed E-state index contributed by atoms with van der Waals surface area (Å²) in [6.45, 7) is 6.77.